The third-order valence-electron chi connectivity index (χ3n) is 2.20. The zero-order valence-corrected chi connectivity index (χ0v) is 10.8. The molecule has 1 aromatic rings. The highest BCUT2D eigenvalue weighted by atomic mass is 16.6. The summed E-state index contributed by atoms with van der Waals surface area (Å²) in [6.45, 7) is 7.66. The van der Waals surface area contributed by atoms with Gasteiger partial charge >= 0.3 is 6.09 Å². The van der Waals surface area contributed by atoms with Crippen molar-refractivity contribution < 1.29 is 9.53 Å². The largest absolute Gasteiger partial charge is 0.413 e. The summed E-state index contributed by atoms with van der Waals surface area (Å²) in [5.74, 6) is 0.522. The number of hydrogen-bond donors (Lipinski definition) is 2. The molecule has 0 radical (unpaired) electrons. The zero-order valence-electron chi connectivity index (χ0n) is 10.8. The monoisotopic (exact) mass is 236 g/mol. The summed E-state index contributed by atoms with van der Waals surface area (Å²) in [5, 5.41) is 2.74. The molecule has 0 atom stereocenters. The van der Waals surface area contributed by atoms with Crippen molar-refractivity contribution in [2.24, 2.45) is 0 Å². The quantitative estimate of drug-likeness (QED) is 0.776. The van der Waals surface area contributed by atoms with E-state index in [9.17, 15) is 4.79 Å². The minimum absolute atomic E-state index is 0.316. The van der Waals surface area contributed by atoms with Crippen LogP contribution < -0.4 is 15.8 Å². The van der Waals surface area contributed by atoms with Gasteiger partial charge in [-0.15, -0.1) is 0 Å². The van der Waals surface area contributed by atoms with E-state index in [1.165, 1.54) is 0 Å². The molecular weight excluding hydrogens is 216 g/mol. The zero-order chi connectivity index (χ0) is 13.1. The smallest absolute Gasteiger partial charge is 0.410 e. The van der Waals surface area contributed by atoms with E-state index in [-0.39, 0.29) is 5.54 Å². The summed E-state index contributed by atoms with van der Waals surface area (Å²) in [6, 6.07) is 5.32. The van der Waals surface area contributed by atoms with Crippen LogP contribution >= 0.6 is 0 Å². The Morgan fingerprint density at radius 1 is 1.41 bits per heavy atom. The first-order valence-electron chi connectivity index (χ1n) is 5.71. The third kappa shape index (κ3) is 3.98. The lowest BCUT2D eigenvalue weighted by molar-refractivity contribution is 0.190. The van der Waals surface area contributed by atoms with Gasteiger partial charge in [-0.1, -0.05) is 13.0 Å². The molecule has 0 heterocycles. The van der Waals surface area contributed by atoms with Crippen molar-refractivity contribution in [1.82, 2.24) is 5.32 Å². The molecule has 4 nitrogen and oxygen atoms in total. The van der Waals surface area contributed by atoms with E-state index in [4.69, 9.17) is 10.5 Å². The molecule has 1 amide bonds. The summed E-state index contributed by atoms with van der Waals surface area (Å²) < 4.78 is 5.26. The predicted molar refractivity (Wildman–Crippen MR) is 69.1 cm³/mol. The number of ether oxygens (including phenoxy) is 1. The molecule has 0 saturated heterocycles. The van der Waals surface area contributed by atoms with Gasteiger partial charge in [0.1, 0.15) is 5.75 Å². The molecule has 0 spiro atoms. The lowest BCUT2D eigenvalue weighted by atomic mass is 10.1. The number of carbonyl (C=O) groups is 1. The number of carbonyl (C=O) groups excluding carboxylic acids is 1. The third-order valence-corrected chi connectivity index (χ3v) is 2.20. The SMILES string of the molecule is CCc1c(N)cccc1OC(=O)NC(C)(C)C. The Hall–Kier alpha value is -1.71. The molecule has 0 aliphatic carbocycles. The second-order valence-electron chi connectivity index (χ2n) is 4.94. The van der Waals surface area contributed by atoms with Crippen LogP contribution in [0.3, 0.4) is 0 Å². The summed E-state index contributed by atoms with van der Waals surface area (Å²) in [5.41, 5.74) is 7.01. The van der Waals surface area contributed by atoms with Crippen molar-refractivity contribution >= 4 is 11.8 Å². The van der Waals surface area contributed by atoms with Gasteiger partial charge in [-0.25, -0.2) is 4.79 Å². The number of hydrogen-bond acceptors (Lipinski definition) is 3. The van der Waals surface area contributed by atoms with Crippen molar-refractivity contribution in [3.8, 4) is 5.75 Å². The van der Waals surface area contributed by atoms with Crippen LogP contribution in [0, 0.1) is 0 Å². The maximum absolute atomic E-state index is 11.6. The molecule has 0 aliphatic heterocycles. The second kappa shape index (κ2) is 5.08. The maximum Gasteiger partial charge on any atom is 0.413 e. The molecule has 0 aromatic heterocycles. The van der Waals surface area contributed by atoms with Crippen LogP contribution in [0.5, 0.6) is 5.75 Å². The summed E-state index contributed by atoms with van der Waals surface area (Å²) >= 11 is 0. The average Bonchev–Trinajstić information content (AvgIpc) is 2.14. The van der Waals surface area contributed by atoms with Gasteiger partial charge < -0.3 is 15.8 Å². The van der Waals surface area contributed by atoms with Gasteiger partial charge in [0.05, 0.1) is 0 Å². The highest BCUT2D eigenvalue weighted by Gasteiger charge is 2.16. The Bertz CT molecular complexity index is 408. The Morgan fingerprint density at radius 2 is 2.06 bits per heavy atom. The molecule has 0 unspecified atom stereocenters. The Balaban J connectivity index is 2.82. The van der Waals surface area contributed by atoms with E-state index < -0.39 is 6.09 Å². The highest BCUT2D eigenvalue weighted by Crippen LogP contribution is 2.24. The van der Waals surface area contributed by atoms with Gasteiger partial charge in [-0.3, -0.25) is 0 Å². The first-order chi connectivity index (χ1) is 7.83. The molecule has 3 N–H and O–H groups in total. The van der Waals surface area contributed by atoms with Crippen LogP contribution in [0.2, 0.25) is 0 Å². The van der Waals surface area contributed by atoms with Crippen molar-refractivity contribution in [1.29, 1.82) is 0 Å². The van der Waals surface area contributed by atoms with Crippen molar-refractivity contribution in [3.63, 3.8) is 0 Å². The second-order valence-corrected chi connectivity index (χ2v) is 4.94. The summed E-state index contributed by atoms with van der Waals surface area (Å²) in [7, 11) is 0. The van der Waals surface area contributed by atoms with Gasteiger partial charge in [-0.05, 0) is 39.3 Å². The highest BCUT2D eigenvalue weighted by molar-refractivity contribution is 5.72. The molecule has 94 valence electrons. The average molecular weight is 236 g/mol. The molecule has 4 heteroatoms. The molecule has 17 heavy (non-hydrogen) atoms. The van der Waals surface area contributed by atoms with Crippen LogP contribution in [-0.2, 0) is 6.42 Å². The molecular formula is C13H20N2O2. The Morgan fingerprint density at radius 3 is 2.59 bits per heavy atom. The summed E-state index contributed by atoms with van der Waals surface area (Å²) in [4.78, 5) is 11.6. The van der Waals surface area contributed by atoms with Crippen LogP contribution in [0.4, 0.5) is 10.5 Å². The lowest BCUT2D eigenvalue weighted by Crippen LogP contribution is -2.42. The first kappa shape index (κ1) is 13.4. The predicted octanol–water partition coefficient (Wildman–Crippen LogP) is 2.72. The number of benzene rings is 1. The number of amides is 1. The molecule has 0 aliphatic rings. The summed E-state index contributed by atoms with van der Waals surface area (Å²) in [6.07, 6.45) is 0.267. The standard InChI is InChI=1S/C13H20N2O2/c1-5-9-10(14)7-6-8-11(9)17-12(16)15-13(2,3)4/h6-8H,5,14H2,1-4H3,(H,15,16). The molecule has 0 bridgehead atoms. The first-order valence-corrected chi connectivity index (χ1v) is 5.71. The van der Waals surface area contributed by atoms with E-state index in [1.807, 2.05) is 27.7 Å². The van der Waals surface area contributed by atoms with Gasteiger partial charge in [0.25, 0.3) is 0 Å². The Labute approximate surface area is 102 Å². The minimum Gasteiger partial charge on any atom is -0.410 e. The van der Waals surface area contributed by atoms with Crippen LogP contribution in [0.15, 0.2) is 18.2 Å². The minimum atomic E-state index is -0.460. The number of rotatable bonds is 2. The Kier molecular flexibility index (Phi) is 3.99. The van der Waals surface area contributed by atoms with E-state index in [0.29, 0.717) is 11.4 Å². The van der Waals surface area contributed by atoms with Crippen LogP contribution in [0.1, 0.15) is 33.3 Å². The normalized spacial score (nSPS) is 11.1. The molecule has 1 rings (SSSR count). The van der Waals surface area contributed by atoms with Gasteiger partial charge in [0, 0.05) is 16.8 Å². The van der Waals surface area contributed by atoms with Gasteiger partial charge in [-0.2, -0.15) is 0 Å². The number of anilines is 1. The fraction of sp³-hybridized carbons (Fsp3) is 0.462. The van der Waals surface area contributed by atoms with Gasteiger partial charge in [0.2, 0.25) is 0 Å². The van der Waals surface area contributed by atoms with E-state index in [2.05, 4.69) is 5.32 Å². The number of nitrogen functional groups attached to an aromatic ring is 1. The van der Waals surface area contributed by atoms with E-state index >= 15 is 0 Å². The maximum atomic E-state index is 11.6. The van der Waals surface area contributed by atoms with Crippen LogP contribution in [0.25, 0.3) is 0 Å². The molecule has 0 fully saturated rings. The van der Waals surface area contributed by atoms with E-state index in [0.717, 1.165) is 12.0 Å². The topological polar surface area (TPSA) is 64.3 Å². The van der Waals surface area contributed by atoms with Crippen molar-refractivity contribution in [2.75, 3.05) is 5.73 Å². The van der Waals surface area contributed by atoms with E-state index in [1.54, 1.807) is 18.2 Å². The fourth-order valence-corrected chi connectivity index (χ4v) is 1.49. The van der Waals surface area contributed by atoms with Crippen molar-refractivity contribution in [2.45, 2.75) is 39.7 Å². The number of nitrogens with one attached hydrogen (secondary N) is 1. The lowest BCUT2D eigenvalue weighted by Gasteiger charge is -2.20. The van der Waals surface area contributed by atoms with Crippen molar-refractivity contribution in [3.05, 3.63) is 23.8 Å². The molecule has 1 aromatic carbocycles. The number of nitrogens with two attached hydrogens (primary N) is 1. The molecule has 0 saturated carbocycles. The van der Waals surface area contributed by atoms with Crippen LogP contribution in [-0.4, -0.2) is 11.6 Å². The van der Waals surface area contributed by atoms with Gasteiger partial charge in [0.15, 0.2) is 0 Å². The fourth-order valence-electron chi connectivity index (χ4n) is 1.49.